The van der Waals surface area contributed by atoms with Gasteiger partial charge in [0.2, 0.25) is 5.91 Å². The van der Waals surface area contributed by atoms with Crippen molar-refractivity contribution >= 4 is 5.91 Å². The molecule has 1 N–H and O–H groups in total. The van der Waals surface area contributed by atoms with Crippen molar-refractivity contribution < 1.29 is 19.4 Å². The molecule has 2 aromatic rings. The van der Waals surface area contributed by atoms with Gasteiger partial charge in [0, 0.05) is 30.1 Å². The van der Waals surface area contributed by atoms with Crippen LogP contribution in [-0.4, -0.2) is 43.2 Å². The zero-order valence-electron chi connectivity index (χ0n) is 18.9. The van der Waals surface area contributed by atoms with Crippen LogP contribution in [0.1, 0.15) is 43.7 Å². The fourth-order valence-corrected chi connectivity index (χ4v) is 5.76. The third-order valence-corrected chi connectivity index (χ3v) is 7.55. The summed E-state index contributed by atoms with van der Waals surface area (Å²) in [5.74, 6) is 1.60. The van der Waals surface area contributed by atoms with E-state index in [-0.39, 0.29) is 29.6 Å². The molecule has 0 spiro atoms. The zero-order valence-corrected chi connectivity index (χ0v) is 18.9. The predicted molar refractivity (Wildman–Crippen MR) is 120 cm³/mol. The molecule has 4 rings (SSSR count). The molecule has 31 heavy (non-hydrogen) atoms. The fourth-order valence-electron chi connectivity index (χ4n) is 5.76. The Bertz CT molecular complexity index is 945. The Morgan fingerprint density at radius 3 is 2.39 bits per heavy atom. The van der Waals surface area contributed by atoms with E-state index in [1.807, 2.05) is 60.4 Å². The minimum absolute atomic E-state index is 0.0126. The molecule has 1 amide bonds. The molecule has 0 radical (unpaired) electrons. The van der Waals surface area contributed by atoms with Crippen LogP contribution in [0.25, 0.3) is 0 Å². The number of ether oxygens (including phenoxy) is 2. The summed E-state index contributed by atoms with van der Waals surface area (Å²) in [6.45, 7) is 5.30. The van der Waals surface area contributed by atoms with Gasteiger partial charge in [0.25, 0.3) is 0 Å². The van der Waals surface area contributed by atoms with E-state index in [4.69, 9.17) is 9.47 Å². The number of carbonyl (C=O) groups excluding carboxylic acids is 1. The smallest absolute Gasteiger partial charge is 0.229 e. The van der Waals surface area contributed by atoms with Crippen molar-refractivity contribution in [1.29, 1.82) is 0 Å². The molecule has 0 aromatic heterocycles. The van der Waals surface area contributed by atoms with E-state index in [0.717, 1.165) is 29.7 Å². The molecule has 1 aliphatic heterocycles. The second-order valence-electron chi connectivity index (χ2n) is 9.08. The number of hydrogen-bond acceptors (Lipinski definition) is 4. The molecule has 5 nitrogen and oxygen atoms in total. The van der Waals surface area contributed by atoms with E-state index in [1.54, 1.807) is 14.2 Å². The molecule has 1 aliphatic carbocycles. The van der Waals surface area contributed by atoms with Crippen LogP contribution in [0.2, 0.25) is 0 Å². The monoisotopic (exact) mass is 423 g/mol. The van der Waals surface area contributed by atoms with Crippen molar-refractivity contribution in [3.63, 3.8) is 0 Å². The van der Waals surface area contributed by atoms with Crippen LogP contribution in [0.15, 0.2) is 48.5 Å². The van der Waals surface area contributed by atoms with Gasteiger partial charge in [-0.2, -0.15) is 0 Å². The van der Waals surface area contributed by atoms with Crippen molar-refractivity contribution in [3.8, 4) is 11.5 Å². The first-order valence-corrected chi connectivity index (χ1v) is 11.2. The first-order valence-electron chi connectivity index (χ1n) is 11.2. The molecule has 166 valence electrons. The number of benzene rings is 2. The molecule has 1 heterocycles. The largest absolute Gasteiger partial charge is 0.496 e. The van der Waals surface area contributed by atoms with Gasteiger partial charge in [0.1, 0.15) is 17.1 Å². The number of likely N-dealkylation sites (tertiary alicyclic amines) is 1. The fraction of sp³-hybridized carbons (Fsp3) is 0.500. The highest BCUT2D eigenvalue weighted by Gasteiger charge is 2.55. The maximum atomic E-state index is 13.5. The molecule has 2 aliphatic rings. The molecule has 4 unspecified atom stereocenters. The third kappa shape index (κ3) is 3.59. The maximum absolute atomic E-state index is 13.5. The number of para-hydroxylation sites is 2. The first-order chi connectivity index (χ1) is 14.9. The number of rotatable bonds is 5. The molecular weight excluding hydrogens is 390 g/mol. The summed E-state index contributed by atoms with van der Waals surface area (Å²) < 4.78 is 11.1. The molecule has 5 atom stereocenters. The normalized spacial score (nSPS) is 28.7. The number of carbonyl (C=O) groups is 1. The van der Waals surface area contributed by atoms with E-state index in [0.29, 0.717) is 18.8 Å². The summed E-state index contributed by atoms with van der Waals surface area (Å²) >= 11 is 0. The molecule has 2 fully saturated rings. The number of methoxy groups -OCH3 is 2. The number of aliphatic hydroxyl groups is 1. The Hall–Kier alpha value is -2.53. The summed E-state index contributed by atoms with van der Waals surface area (Å²) in [5, 5.41) is 12.1. The van der Waals surface area contributed by atoms with Crippen LogP contribution in [0.3, 0.4) is 0 Å². The van der Waals surface area contributed by atoms with Crippen LogP contribution >= 0.6 is 0 Å². The van der Waals surface area contributed by atoms with E-state index < -0.39 is 5.60 Å². The number of fused-ring (bicyclic) bond motifs is 1. The molecule has 1 saturated heterocycles. The lowest BCUT2D eigenvalue weighted by Crippen LogP contribution is -2.48. The van der Waals surface area contributed by atoms with Crippen LogP contribution in [0, 0.1) is 17.8 Å². The summed E-state index contributed by atoms with van der Waals surface area (Å²) in [6, 6.07) is 15.5. The van der Waals surface area contributed by atoms with Crippen molar-refractivity contribution in [1.82, 2.24) is 4.90 Å². The Kier molecular flexibility index (Phi) is 5.98. The van der Waals surface area contributed by atoms with Crippen molar-refractivity contribution in [3.05, 3.63) is 59.7 Å². The van der Waals surface area contributed by atoms with E-state index >= 15 is 0 Å². The molecule has 5 heteroatoms. The minimum atomic E-state index is -1.02. The summed E-state index contributed by atoms with van der Waals surface area (Å²) in [6.07, 6.45) is 1.95. The van der Waals surface area contributed by atoms with E-state index in [9.17, 15) is 9.90 Å². The van der Waals surface area contributed by atoms with Gasteiger partial charge in [0.15, 0.2) is 0 Å². The lowest BCUT2D eigenvalue weighted by molar-refractivity contribution is -0.132. The SMILES string of the molecule is COc1ccccc1[C@H](C)C(=O)N1CC2CCC(C)C(O)(c3ccccc3OC)C2C1. The van der Waals surface area contributed by atoms with Gasteiger partial charge in [-0.05, 0) is 43.7 Å². The van der Waals surface area contributed by atoms with Crippen LogP contribution < -0.4 is 9.47 Å². The second-order valence-corrected chi connectivity index (χ2v) is 9.08. The third-order valence-electron chi connectivity index (χ3n) is 7.55. The molecular formula is C26H33NO4. The van der Waals surface area contributed by atoms with Gasteiger partial charge in [-0.15, -0.1) is 0 Å². The van der Waals surface area contributed by atoms with Crippen LogP contribution in [0.5, 0.6) is 11.5 Å². The Balaban J connectivity index is 1.63. The lowest BCUT2D eigenvalue weighted by Gasteiger charge is -2.46. The summed E-state index contributed by atoms with van der Waals surface area (Å²) in [7, 11) is 3.28. The summed E-state index contributed by atoms with van der Waals surface area (Å²) in [5.41, 5.74) is 0.725. The maximum Gasteiger partial charge on any atom is 0.229 e. The predicted octanol–water partition coefficient (Wildman–Crippen LogP) is 4.20. The quantitative estimate of drug-likeness (QED) is 0.783. The van der Waals surface area contributed by atoms with Gasteiger partial charge < -0.3 is 19.5 Å². The molecule has 0 bridgehead atoms. The molecule has 1 saturated carbocycles. The van der Waals surface area contributed by atoms with Gasteiger partial charge in [-0.25, -0.2) is 0 Å². The van der Waals surface area contributed by atoms with Crippen molar-refractivity contribution in [2.75, 3.05) is 27.3 Å². The minimum Gasteiger partial charge on any atom is -0.496 e. The Morgan fingerprint density at radius 1 is 1.03 bits per heavy atom. The summed E-state index contributed by atoms with van der Waals surface area (Å²) in [4.78, 5) is 15.4. The highest BCUT2D eigenvalue weighted by atomic mass is 16.5. The van der Waals surface area contributed by atoms with Gasteiger partial charge in [-0.1, -0.05) is 43.3 Å². The zero-order chi connectivity index (χ0) is 22.2. The Labute approximate surface area is 185 Å². The second kappa shape index (κ2) is 8.54. The number of amides is 1. The average Bonchev–Trinajstić information content (AvgIpc) is 3.26. The average molecular weight is 424 g/mol. The lowest BCUT2D eigenvalue weighted by atomic mass is 9.62. The van der Waals surface area contributed by atoms with Crippen LogP contribution in [0.4, 0.5) is 0 Å². The van der Waals surface area contributed by atoms with Crippen LogP contribution in [-0.2, 0) is 10.4 Å². The van der Waals surface area contributed by atoms with E-state index in [2.05, 4.69) is 6.92 Å². The van der Waals surface area contributed by atoms with Gasteiger partial charge in [-0.3, -0.25) is 4.79 Å². The number of nitrogens with zero attached hydrogens (tertiary/aromatic N) is 1. The van der Waals surface area contributed by atoms with Gasteiger partial charge >= 0.3 is 0 Å². The Morgan fingerprint density at radius 2 is 1.68 bits per heavy atom. The topological polar surface area (TPSA) is 59.0 Å². The highest BCUT2D eigenvalue weighted by Crippen LogP contribution is 2.53. The first kappa shape index (κ1) is 21.7. The standard InChI is InChI=1S/C26H33NO4/c1-17-13-14-19-15-27(25(28)18(2)20-9-5-7-11-23(20)30-3)16-22(19)26(17,29)21-10-6-8-12-24(21)31-4/h5-12,17-19,22,29H,13-16H2,1-4H3/t17?,18-,19?,22?,26?/m0/s1. The van der Waals surface area contributed by atoms with E-state index in [1.165, 1.54) is 0 Å². The molecule has 2 aromatic carbocycles. The van der Waals surface area contributed by atoms with Crippen molar-refractivity contribution in [2.24, 2.45) is 17.8 Å². The highest BCUT2D eigenvalue weighted by molar-refractivity contribution is 5.84. The number of hydrogen-bond donors (Lipinski definition) is 1. The van der Waals surface area contributed by atoms with Gasteiger partial charge in [0.05, 0.1) is 20.1 Å². The van der Waals surface area contributed by atoms with Crippen molar-refractivity contribution in [2.45, 2.75) is 38.2 Å².